The third-order valence-electron chi connectivity index (χ3n) is 4.68. The summed E-state index contributed by atoms with van der Waals surface area (Å²) in [6.07, 6.45) is 6.54. The standard InChI is InChI=1S/C16H23N3/c1-16(8-4-3-5-9-16)15-18-13-10-12(11-17)6-7-14(13)19(15)2/h6-7,10H,3-5,8-9,11,17H2,1-2H3. The van der Waals surface area contributed by atoms with E-state index in [9.17, 15) is 0 Å². The topological polar surface area (TPSA) is 43.8 Å². The Morgan fingerprint density at radius 1 is 1.26 bits per heavy atom. The highest BCUT2D eigenvalue weighted by Crippen LogP contribution is 2.39. The zero-order valence-corrected chi connectivity index (χ0v) is 11.9. The van der Waals surface area contributed by atoms with Crippen LogP contribution in [0, 0.1) is 0 Å². The number of imidazole rings is 1. The number of rotatable bonds is 2. The lowest BCUT2D eigenvalue weighted by molar-refractivity contribution is 0.299. The number of fused-ring (bicyclic) bond motifs is 1. The first-order valence-corrected chi connectivity index (χ1v) is 7.30. The van der Waals surface area contributed by atoms with E-state index in [4.69, 9.17) is 10.7 Å². The molecule has 0 radical (unpaired) electrons. The maximum Gasteiger partial charge on any atom is 0.115 e. The van der Waals surface area contributed by atoms with Crippen molar-refractivity contribution < 1.29 is 0 Å². The van der Waals surface area contributed by atoms with Gasteiger partial charge in [-0.25, -0.2) is 4.98 Å². The first-order chi connectivity index (χ1) is 9.14. The summed E-state index contributed by atoms with van der Waals surface area (Å²) in [4.78, 5) is 4.92. The maximum atomic E-state index is 5.72. The second-order valence-corrected chi connectivity index (χ2v) is 6.14. The molecule has 19 heavy (non-hydrogen) atoms. The molecule has 0 atom stereocenters. The van der Waals surface area contributed by atoms with Crippen molar-refractivity contribution in [1.29, 1.82) is 0 Å². The SMILES string of the molecule is Cn1c(C2(C)CCCCC2)nc2cc(CN)ccc21. The van der Waals surface area contributed by atoms with Crippen molar-refractivity contribution in [1.82, 2.24) is 9.55 Å². The van der Waals surface area contributed by atoms with Crippen LogP contribution in [0.15, 0.2) is 18.2 Å². The van der Waals surface area contributed by atoms with Crippen molar-refractivity contribution in [3.63, 3.8) is 0 Å². The van der Waals surface area contributed by atoms with Crippen molar-refractivity contribution in [2.75, 3.05) is 0 Å². The lowest BCUT2D eigenvalue weighted by atomic mass is 9.75. The highest BCUT2D eigenvalue weighted by molar-refractivity contribution is 5.77. The molecule has 0 bridgehead atoms. The van der Waals surface area contributed by atoms with E-state index in [-0.39, 0.29) is 5.41 Å². The third-order valence-corrected chi connectivity index (χ3v) is 4.68. The van der Waals surface area contributed by atoms with Crippen molar-refractivity contribution in [2.45, 2.75) is 51.0 Å². The monoisotopic (exact) mass is 257 g/mol. The minimum absolute atomic E-state index is 0.245. The van der Waals surface area contributed by atoms with E-state index in [0.29, 0.717) is 6.54 Å². The Morgan fingerprint density at radius 3 is 2.68 bits per heavy atom. The molecule has 1 saturated carbocycles. The van der Waals surface area contributed by atoms with E-state index < -0.39 is 0 Å². The van der Waals surface area contributed by atoms with E-state index in [2.05, 4.69) is 36.7 Å². The van der Waals surface area contributed by atoms with Crippen LogP contribution >= 0.6 is 0 Å². The average molecular weight is 257 g/mol. The molecule has 102 valence electrons. The number of hydrogen-bond acceptors (Lipinski definition) is 2. The minimum atomic E-state index is 0.245. The molecule has 0 spiro atoms. The van der Waals surface area contributed by atoms with Gasteiger partial charge in [0, 0.05) is 19.0 Å². The van der Waals surface area contributed by atoms with Gasteiger partial charge in [0.25, 0.3) is 0 Å². The lowest BCUT2D eigenvalue weighted by Crippen LogP contribution is -2.28. The molecule has 1 aromatic heterocycles. The third kappa shape index (κ3) is 2.06. The number of nitrogens with zero attached hydrogens (tertiary/aromatic N) is 2. The van der Waals surface area contributed by atoms with E-state index in [1.165, 1.54) is 43.4 Å². The summed E-state index contributed by atoms with van der Waals surface area (Å²) in [5.41, 5.74) is 9.43. The Balaban J connectivity index is 2.11. The molecule has 1 heterocycles. The van der Waals surface area contributed by atoms with Gasteiger partial charge in [0.2, 0.25) is 0 Å². The molecule has 0 saturated heterocycles. The van der Waals surface area contributed by atoms with E-state index >= 15 is 0 Å². The van der Waals surface area contributed by atoms with Crippen LogP contribution in [0.2, 0.25) is 0 Å². The van der Waals surface area contributed by atoms with Crippen LogP contribution in [0.1, 0.15) is 50.4 Å². The second kappa shape index (κ2) is 4.64. The number of nitrogens with two attached hydrogens (primary N) is 1. The van der Waals surface area contributed by atoms with Gasteiger partial charge in [-0.15, -0.1) is 0 Å². The van der Waals surface area contributed by atoms with Gasteiger partial charge in [0.15, 0.2) is 0 Å². The quantitative estimate of drug-likeness (QED) is 0.897. The summed E-state index contributed by atoms with van der Waals surface area (Å²) in [5.74, 6) is 1.25. The van der Waals surface area contributed by atoms with Crippen molar-refractivity contribution in [3.05, 3.63) is 29.6 Å². The molecule has 0 amide bonds. The normalized spacial score (nSPS) is 18.9. The Kier molecular flexibility index (Phi) is 3.09. The Labute approximate surface area is 114 Å². The largest absolute Gasteiger partial charge is 0.331 e. The fourth-order valence-corrected chi connectivity index (χ4v) is 3.47. The van der Waals surface area contributed by atoms with Gasteiger partial charge in [-0.2, -0.15) is 0 Å². The van der Waals surface area contributed by atoms with E-state index in [0.717, 1.165) is 11.1 Å². The lowest BCUT2D eigenvalue weighted by Gasteiger charge is -2.32. The Hall–Kier alpha value is -1.35. The average Bonchev–Trinajstić information content (AvgIpc) is 2.77. The van der Waals surface area contributed by atoms with E-state index in [1.54, 1.807) is 0 Å². The van der Waals surface area contributed by atoms with Gasteiger partial charge in [-0.05, 0) is 30.5 Å². The van der Waals surface area contributed by atoms with Gasteiger partial charge < -0.3 is 10.3 Å². The van der Waals surface area contributed by atoms with Crippen LogP contribution in [-0.4, -0.2) is 9.55 Å². The van der Waals surface area contributed by atoms with Gasteiger partial charge >= 0.3 is 0 Å². The summed E-state index contributed by atoms with van der Waals surface area (Å²) in [7, 11) is 2.15. The van der Waals surface area contributed by atoms with Crippen LogP contribution in [0.4, 0.5) is 0 Å². The summed E-state index contributed by atoms with van der Waals surface area (Å²) < 4.78 is 2.28. The fraction of sp³-hybridized carbons (Fsp3) is 0.562. The first-order valence-electron chi connectivity index (χ1n) is 7.30. The summed E-state index contributed by atoms with van der Waals surface area (Å²) in [6.45, 7) is 2.95. The van der Waals surface area contributed by atoms with Crippen LogP contribution in [-0.2, 0) is 19.0 Å². The molecule has 3 heteroatoms. The zero-order valence-electron chi connectivity index (χ0n) is 11.9. The van der Waals surface area contributed by atoms with Crippen LogP contribution in [0.3, 0.4) is 0 Å². The molecule has 1 aromatic carbocycles. The summed E-state index contributed by atoms with van der Waals surface area (Å²) in [6, 6.07) is 6.39. The molecule has 1 aliphatic carbocycles. The molecular formula is C16H23N3. The van der Waals surface area contributed by atoms with Gasteiger partial charge in [0.05, 0.1) is 11.0 Å². The highest BCUT2D eigenvalue weighted by Gasteiger charge is 2.33. The van der Waals surface area contributed by atoms with Gasteiger partial charge in [-0.3, -0.25) is 0 Å². The van der Waals surface area contributed by atoms with Crippen molar-refractivity contribution >= 4 is 11.0 Å². The van der Waals surface area contributed by atoms with Crippen LogP contribution < -0.4 is 5.73 Å². The smallest absolute Gasteiger partial charge is 0.115 e. The predicted octanol–water partition coefficient (Wildman–Crippen LogP) is 3.25. The number of aromatic nitrogens is 2. The van der Waals surface area contributed by atoms with E-state index in [1.807, 2.05) is 0 Å². The number of hydrogen-bond donors (Lipinski definition) is 1. The zero-order chi connectivity index (χ0) is 13.5. The Bertz CT molecular complexity index is 591. The number of benzene rings is 1. The Morgan fingerprint density at radius 2 is 2.00 bits per heavy atom. The van der Waals surface area contributed by atoms with Crippen molar-refractivity contribution in [2.24, 2.45) is 12.8 Å². The molecule has 3 rings (SSSR count). The predicted molar refractivity (Wildman–Crippen MR) is 79.0 cm³/mol. The fourth-order valence-electron chi connectivity index (χ4n) is 3.47. The van der Waals surface area contributed by atoms with Crippen molar-refractivity contribution in [3.8, 4) is 0 Å². The van der Waals surface area contributed by atoms with Crippen LogP contribution in [0.5, 0.6) is 0 Å². The molecule has 1 aliphatic rings. The second-order valence-electron chi connectivity index (χ2n) is 6.14. The molecule has 2 N–H and O–H groups in total. The highest BCUT2D eigenvalue weighted by atomic mass is 15.1. The number of aryl methyl sites for hydroxylation is 1. The summed E-state index contributed by atoms with van der Waals surface area (Å²) in [5, 5.41) is 0. The first kappa shape index (κ1) is 12.7. The van der Waals surface area contributed by atoms with Gasteiger partial charge in [-0.1, -0.05) is 32.3 Å². The van der Waals surface area contributed by atoms with Gasteiger partial charge in [0.1, 0.15) is 5.82 Å². The minimum Gasteiger partial charge on any atom is -0.331 e. The molecule has 1 fully saturated rings. The van der Waals surface area contributed by atoms with Crippen LogP contribution in [0.25, 0.3) is 11.0 Å². The molecule has 3 nitrogen and oxygen atoms in total. The molecule has 0 unspecified atom stereocenters. The molecular weight excluding hydrogens is 234 g/mol. The molecule has 2 aromatic rings. The maximum absolute atomic E-state index is 5.72. The molecule has 0 aliphatic heterocycles. The summed E-state index contributed by atoms with van der Waals surface area (Å²) >= 11 is 0.